The highest BCUT2D eigenvalue weighted by Crippen LogP contribution is 2.07. The second-order valence-electron chi connectivity index (χ2n) is 4.63. The van der Waals surface area contributed by atoms with Crippen molar-refractivity contribution in [1.29, 1.82) is 0 Å². The quantitative estimate of drug-likeness (QED) is 0.796. The molecule has 0 saturated carbocycles. The first-order chi connectivity index (χ1) is 10.5. The van der Waals surface area contributed by atoms with Crippen LogP contribution in [0.1, 0.15) is 21.1 Å². The molecule has 0 aliphatic rings. The highest BCUT2D eigenvalue weighted by molar-refractivity contribution is 7.89. The number of carbonyl (C=O) groups is 1. The average molecular weight is 339 g/mol. The summed E-state index contributed by atoms with van der Waals surface area (Å²) in [5, 5.41) is 4.99. The van der Waals surface area contributed by atoms with Crippen LogP contribution in [-0.2, 0) is 16.6 Å². The minimum Gasteiger partial charge on any atom is -0.350 e. The molecule has 0 saturated heterocycles. The molecule has 1 aromatic heterocycles. The number of benzene rings is 1. The molecule has 8 heteroatoms. The Balaban J connectivity index is 1.76. The first kappa shape index (κ1) is 16.6. The van der Waals surface area contributed by atoms with Crippen molar-refractivity contribution >= 4 is 27.3 Å². The number of aryl methyl sites for hydroxylation is 1. The summed E-state index contributed by atoms with van der Waals surface area (Å²) in [6, 6.07) is 9.25. The zero-order valence-corrected chi connectivity index (χ0v) is 13.7. The Kier molecular flexibility index (Phi) is 5.64. The SMILES string of the molecule is Cc1nc(C(=O)NCCS(=O)(=O)NCc2ccccc2)cs1. The van der Waals surface area contributed by atoms with Crippen LogP contribution in [0.5, 0.6) is 0 Å². The predicted octanol–water partition coefficient (Wildman–Crippen LogP) is 1.30. The molecule has 0 bridgehead atoms. The van der Waals surface area contributed by atoms with Crippen LogP contribution in [-0.4, -0.2) is 31.6 Å². The van der Waals surface area contributed by atoms with Crippen LogP contribution >= 0.6 is 11.3 Å². The minimum atomic E-state index is -3.43. The molecule has 0 aliphatic heterocycles. The van der Waals surface area contributed by atoms with Gasteiger partial charge in [-0.25, -0.2) is 18.1 Å². The lowest BCUT2D eigenvalue weighted by Gasteiger charge is -2.07. The first-order valence-corrected chi connectivity index (χ1v) is 9.21. The molecular formula is C14H17N3O3S2. The Morgan fingerprint density at radius 3 is 2.64 bits per heavy atom. The highest BCUT2D eigenvalue weighted by Gasteiger charge is 2.13. The molecule has 2 N–H and O–H groups in total. The number of aromatic nitrogens is 1. The van der Waals surface area contributed by atoms with E-state index in [-0.39, 0.29) is 24.7 Å². The number of hydrogen-bond acceptors (Lipinski definition) is 5. The Bertz CT molecular complexity index is 727. The molecule has 0 atom stereocenters. The Hall–Kier alpha value is -1.77. The fraction of sp³-hybridized carbons (Fsp3) is 0.286. The van der Waals surface area contributed by atoms with Crippen LogP contribution in [0.15, 0.2) is 35.7 Å². The summed E-state index contributed by atoms with van der Waals surface area (Å²) >= 11 is 1.37. The summed E-state index contributed by atoms with van der Waals surface area (Å²) in [5.74, 6) is -0.531. The molecule has 22 heavy (non-hydrogen) atoms. The van der Waals surface area contributed by atoms with Gasteiger partial charge in [-0.15, -0.1) is 11.3 Å². The van der Waals surface area contributed by atoms with Gasteiger partial charge in [0.05, 0.1) is 10.8 Å². The van der Waals surface area contributed by atoms with Gasteiger partial charge in [0, 0.05) is 18.5 Å². The molecule has 0 fully saturated rings. The maximum absolute atomic E-state index is 11.9. The maximum atomic E-state index is 11.9. The van der Waals surface area contributed by atoms with Crippen molar-refractivity contribution in [1.82, 2.24) is 15.0 Å². The molecule has 2 aromatic rings. The van der Waals surface area contributed by atoms with Gasteiger partial charge >= 0.3 is 0 Å². The van der Waals surface area contributed by atoms with Gasteiger partial charge in [0.1, 0.15) is 5.69 Å². The number of carbonyl (C=O) groups excluding carboxylic acids is 1. The standard InChI is InChI=1S/C14H17N3O3S2/c1-11-17-13(10-21-11)14(18)15-7-8-22(19,20)16-9-12-5-3-2-4-6-12/h2-6,10,16H,7-9H2,1H3,(H,15,18). The Morgan fingerprint density at radius 1 is 1.27 bits per heavy atom. The zero-order valence-electron chi connectivity index (χ0n) is 12.1. The molecule has 1 heterocycles. The summed E-state index contributed by atoms with van der Waals surface area (Å²) in [7, 11) is -3.43. The van der Waals surface area contributed by atoms with Gasteiger partial charge in [-0.3, -0.25) is 4.79 Å². The summed E-state index contributed by atoms with van der Waals surface area (Å²) in [6.45, 7) is 2.08. The largest absolute Gasteiger partial charge is 0.350 e. The van der Waals surface area contributed by atoms with Gasteiger partial charge in [0.15, 0.2) is 0 Å². The number of nitrogens with zero attached hydrogens (tertiary/aromatic N) is 1. The van der Waals surface area contributed by atoms with Crippen LogP contribution in [0.4, 0.5) is 0 Å². The normalized spacial score (nSPS) is 11.3. The smallest absolute Gasteiger partial charge is 0.270 e. The van der Waals surface area contributed by atoms with Crippen molar-refractivity contribution in [3.05, 3.63) is 52.0 Å². The monoisotopic (exact) mass is 339 g/mol. The lowest BCUT2D eigenvalue weighted by Crippen LogP contribution is -2.34. The molecule has 6 nitrogen and oxygen atoms in total. The van der Waals surface area contributed by atoms with Crippen molar-refractivity contribution in [3.63, 3.8) is 0 Å². The number of thiazole rings is 1. The minimum absolute atomic E-state index is 0.0412. The number of nitrogens with one attached hydrogen (secondary N) is 2. The molecular weight excluding hydrogens is 322 g/mol. The van der Waals surface area contributed by atoms with Crippen LogP contribution in [0.3, 0.4) is 0 Å². The third kappa shape index (κ3) is 5.21. The van der Waals surface area contributed by atoms with Crippen molar-refractivity contribution in [2.45, 2.75) is 13.5 Å². The van der Waals surface area contributed by atoms with Crippen molar-refractivity contribution in [2.24, 2.45) is 0 Å². The second kappa shape index (κ2) is 7.48. The third-order valence-corrected chi connectivity index (χ3v) is 4.95. The maximum Gasteiger partial charge on any atom is 0.270 e. The van der Waals surface area contributed by atoms with Crippen LogP contribution < -0.4 is 10.0 Å². The van der Waals surface area contributed by atoms with Crippen molar-refractivity contribution in [2.75, 3.05) is 12.3 Å². The van der Waals surface area contributed by atoms with E-state index in [0.717, 1.165) is 10.6 Å². The predicted molar refractivity (Wildman–Crippen MR) is 86.3 cm³/mol. The lowest BCUT2D eigenvalue weighted by atomic mass is 10.2. The van der Waals surface area contributed by atoms with E-state index in [1.54, 1.807) is 12.3 Å². The Labute approximate surface area is 133 Å². The first-order valence-electron chi connectivity index (χ1n) is 6.68. The van der Waals surface area contributed by atoms with Crippen LogP contribution in [0.25, 0.3) is 0 Å². The topological polar surface area (TPSA) is 88.2 Å². The summed E-state index contributed by atoms with van der Waals surface area (Å²) in [4.78, 5) is 15.8. The Morgan fingerprint density at radius 2 is 2.00 bits per heavy atom. The van der Waals surface area contributed by atoms with Crippen molar-refractivity contribution in [3.8, 4) is 0 Å². The van der Waals surface area contributed by atoms with E-state index in [4.69, 9.17) is 0 Å². The van der Waals surface area contributed by atoms with Gasteiger partial charge < -0.3 is 5.32 Å². The summed E-state index contributed by atoms with van der Waals surface area (Å²) in [6.07, 6.45) is 0. The molecule has 118 valence electrons. The fourth-order valence-corrected chi connectivity index (χ4v) is 3.21. The number of hydrogen-bond donors (Lipinski definition) is 2. The second-order valence-corrected chi connectivity index (χ2v) is 7.62. The van der Waals surface area contributed by atoms with E-state index >= 15 is 0 Å². The van der Waals surface area contributed by atoms with E-state index in [9.17, 15) is 13.2 Å². The third-order valence-electron chi connectivity index (χ3n) is 2.85. The van der Waals surface area contributed by atoms with Gasteiger partial charge in [-0.2, -0.15) is 0 Å². The molecule has 0 radical (unpaired) electrons. The number of amides is 1. The average Bonchev–Trinajstić information content (AvgIpc) is 2.93. The van der Waals surface area contributed by atoms with Gasteiger partial charge in [0.2, 0.25) is 10.0 Å². The van der Waals surface area contributed by atoms with Gasteiger partial charge in [-0.1, -0.05) is 30.3 Å². The van der Waals surface area contributed by atoms with Gasteiger partial charge in [0.25, 0.3) is 5.91 Å². The van der Waals surface area contributed by atoms with E-state index in [0.29, 0.717) is 5.69 Å². The molecule has 1 aromatic carbocycles. The number of rotatable bonds is 7. The van der Waals surface area contributed by atoms with Crippen molar-refractivity contribution < 1.29 is 13.2 Å². The van der Waals surface area contributed by atoms with Crippen LogP contribution in [0.2, 0.25) is 0 Å². The fourth-order valence-electron chi connectivity index (χ4n) is 1.72. The molecule has 1 amide bonds. The van der Waals surface area contributed by atoms with E-state index in [1.807, 2.05) is 30.3 Å². The lowest BCUT2D eigenvalue weighted by molar-refractivity contribution is 0.0951. The summed E-state index contributed by atoms with van der Waals surface area (Å²) < 4.78 is 26.2. The van der Waals surface area contributed by atoms with Crippen LogP contribution in [0, 0.1) is 6.92 Å². The molecule has 0 aliphatic carbocycles. The van der Waals surface area contributed by atoms with E-state index < -0.39 is 10.0 Å². The van der Waals surface area contributed by atoms with Gasteiger partial charge in [-0.05, 0) is 12.5 Å². The molecule has 2 rings (SSSR count). The molecule has 0 unspecified atom stereocenters. The zero-order chi connectivity index (χ0) is 16.0. The number of sulfonamides is 1. The van der Waals surface area contributed by atoms with E-state index in [2.05, 4.69) is 15.0 Å². The summed E-state index contributed by atoms with van der Waals surface area (Å²) in [5.41, 5.74) is 1.20. The van der Waals surface area contributed by atoms with E-state index in [1.165, 1.54) is 11.3 Å². The molecule has 0 spiro atoms. The highest BCUT2D eigenvalue weighted by atomic mass is 32.2.